The van der Waals surface area contributed by atoms with Crippen LogP contribution >= 0.6 is 0 Å². The molecular formula is C17H18N2O. The summed E-state index contributed by atoms with van der Waals surface area (Å²) >= 11 is 0. The maximum Gasteiger partial charge on any atom is 0.291 e. The lowest BCUT2D eigenvalue weighted by molar-refractivity contribution is 0.377. The minimum Gasteiger partial charge on any atom is -0.393 e. The van der Waals surface area contributed by atoms with Crippen LogP contribution in [0.4, 0.5) is 0 Å². The van der Waals surface area contributed by atoms with Gasteiger partial charge >= 0.3 is 0 Å². The summed E-state index contributed by atoms with van der Waals surface area (Å²) in [5.74, 6) is 0.837. The number of nitrogens with zero attached hydrogens (tertiary/aromatic N) is 2. The van der Waals surface area contributed by atoms with E-state index in [9.17, 15) is 0 Å². The van der Waals surface area contributed by atoms with Gasteiger partial charge < -0.3 is 4.74 Å². The topological polar surface area (TPSA) is 56.8 Å². The molecule has 102 valence electrons. The average Bonchev–Trinajstić information content (AvgIpc) is 2.48. The van der Waals surface area contributed by atoms with Gasteiger partial charge in [0.2, 0.25) is 0 Å². The molecule has 0 heterocycles. The Bertz CT molecular complexity index is 583. The number of rotatable bonds is 5. The van der Waals surface area contributed by atoms with E-state index in [-0.39, 0.29) is 5.92 Å². The molecule has 0 radical (unpaired) electrons. The third kappa shape index (κ3) is 4.30. The van der Waals surface area contributed by atoms with Gasteiger partial charge in [0.1, 0.15) is 5.76 Å². The zero-order valence-electron chi connectivity index (χ0n) is 12.1. The second-order valence-electron chi connectivity index (χ2n) is 4.52. The minimum absolute atomic E-state index is 0.263. The SMILES string of the molecule is CC/C(=C\C=C(/C)OC#N)C(C)c1ccc(C#N)cc1. The summed E-state index contributed by atoms with van der Waals surface area (Å²) < 4.78 is 4.74. The Kier molecular flexibility index (Phi) is 6.07. The molecule has 0 saturated carbocycles. The Morgan fingerprint density at radius 1 is 1.25 bits per heavy atom. The first-order valence-electron chi connectivity index (χ1n) is 6.55. The number of nitriles is 2. The lowest BCUT2D eigenvalue weighted by Crippen LogP contribution is -1.97. The van der Waals surface area contributed by atoms with Crippen LogP contribution in [0.25, 0.3) is 0 Å². The van der Waals surface area contributed by atoms with E-state index in [1.165, 1.54) is 11.1 Å². The highest BCUT2D eigenvalue weighted by Gasteiger charge is 2.09. The molecule has 0 bridgehead atoms. The van der Waals surface area contributed by atoms with Crippen molar-refractivity contribution in [3.05, 3.63) is 58.9 Å². The van der Waals surface area contributed by atoms with Gasteiger partial charge in [-0.3, -0.25) is 0 Å². The first-order valence-corrected chi connectivity index (χ1v) is 6.55. The first-order chi connectivity index (χ1) is 9.62. The number of hydrogen-bond donors (Lipinski definition) is 0. The van der Waals surface area contributed by atoms with Crippen molar-refractivity contribution >= 4 is 0 Å². The van der Waals surface area contributed by atoms with E-state index < -0.39 is 0 Å². The van der Waals surface area contributed by atoms with Crippen molar-refractivity contribution in [3.8, 4) is 12.3 Å². The molecular weight excluding hydrogens is 248 g/mol. The average molecular weight is 266 g/mol. The Hall–Kier alpha value is -2.52. The van der Waals surface area contributed by atoms with Gasteiger partial charge in [-0.2, -0.15) is 5.26 Å². The zero-order valence-corrected chi connectivity index (χ0v) is 12.1. The first kappa shape index (κ1) is 15.5. The molecule has 20 heavy (non-hydrogen) atoms. The number of ether oxygens (including phenoxy) is 1. The van der Waals surface area contributed by atoms with E-state index in [2.05, 4.69) is 19.9 Å². The van der Waals surface area contributed by atoms with Crippen LogP contribution in [0.15, 0.2) is 47.7 Å². The molecule has 0 amide bonds. The molecule has 0 fully saturated rings. The Morgan fingerprint density at radius 2 is 1.90 bits per heavy atom. The van der Waals surface area contributed by atoms with Gasteiger partial charge in [-0.05, 0) is 37.1 Å². The van der Waals surface area contributed by atoms with E-state index in [0.717, 1.165) is 6.42 Å². The van der Waals surface area contributed by atoms with Crippen LogP contribution in [-0.4, -0.2) is 0 Å². The Morgan fingerprint density at radius 3 is 2.40 bits per heavy atom. The largest absolute Gasteiger partial charge is 0.393 e. The van der Waals surface area contributed by atoms with Crippen LogP contribution in [0.1, 0.15) is 44.2 Å². The van der Waals surface area contributed by atoms with Crippen LogP contribution in [0.3, 0.4) is 0 Å². The van der Waals surface area contributed by atoms with E-state index in [1.54, 1.807) is 13.2 Å². The molecule has 0 aliphatic rings. The third-order valence-corrected chi connectivity index (χ3v) is 3.24. The van der Waals surface area contributed by atoms with Gasteiger partial charge in [-0.1, -0.05) is 37.6 Å². The van der Waals surface area contributed by atoms with Gasteiger partial charge in [-0.25, -0.2) is 0 Å². The van der Waals surface area contributed by atoms with Gasteiger partial charge in [0.05, 0.1) is 11.6 Å². The van der Waals surface area contributed by atoms with Gasteiger partial charge in [0.15, 0.2) is 0 Å². The predicted octanol–water partition coefficient (Wildman–Crippen LogP) is 4.40. The second-order valence-corrected chi connectivity index (χ2v) is 4.52. The minimum atomic E-state index is 0.263. The van der Waals surface area contributed by atoms with Crippen molar-refractivity contribution in [3.63, 3.8) is 0 Å². The fraction of sp³-hybridized carbons (Fsp3) is 0.294. The summed E-state index contributed by atoms with van der Waals surface area (Å²) in [6, 6.07) is 9.75. The Labute approximate surface area is 120 Å². The van der Waals surface area contributed by atoms with Crippen molar-refractivity contribution in [2.75, 3.05) is 0 Å². The molecule has 1 rings (SSSR count). The smallest absolute Gasteiger partial charge is 0.291 e. The number of benzene rings is 1. The summed E-state index contributed by atoms with van der Waals surface area (Å²) in [5.41, 5.74) is 3.08. The highest BCUT2D eigenvalue weighted by atomic mass is 16.5. The zero-order chi connectivity index (χ0) is 15.0. The maximum absolute atomic E-state index is 8.81. The van der Waals surface area contributed by atoms with E-state index in [4.69, 9.17) is 15.3 Å². The normalized spacial score (nSPS) is 13.2. The molecule has 1 unspecified atom stereocenters. The fourth-order valence-corrected chi connectivity index (χ4v) is 1.96. The number of hydrogen-bond acceptors (Lipinski definition) is 3. The molecule has 1 aromatic rings. The van der Waals surface area contributed by atoms with Crippen LogP contribution in [-0.2, 0) is 4.74 Å². The molecule has 1 atom stereocenters. The van der Waals surface area contributed by atoms with Gasteiger partial charge in [0.25, 0.3) is 6.26 Å². The van der Waals surface area contributed by atoms with Crippen molar-refractivity contribution in [1.82, 2.24) is 0 Å². The molecule has 3 nitrogen and oxygen atoms in total. The molecule has 0 N–H and O–H groups in total. The second kappa shape index (κ2) is 7.81. The summed E-state index contributed by atoms with van der Waals surface area (Å²) in [7, 11) is 0. The quantitative estimate of drug-likeness (QED) is 0.451. The van der Waals surface area contributed by atoms with Crippen molar-refractivity contribution in [1.29, 1.82) is 10.5 Å². The number of allylic oxidation sites excluding steroid dienone is 4. The summed E-state index contributed by atoms with van der Waals surface area (Å²) in [6.45, 7) is 5.98. The molecule has 0 aromatic heterocycles. The highest BCUT2D eigenvalue weighted by Crippen LogP contribution is 2.26. The van der Waals surface area contributed by atoms with E-state index in [1.807, 2.05) is 36.4 Å². The van der Waals surface area contributed by atoms with E-state index >= 15 is 0 Å². The van der Waals surface area contributed by atoms with Crippen LogP contribution in [0.2, 0.25) is 0 Å². The van der Waals surface area contributed by atoms with Gasteiger partial charge in [0, 0.05) is 5.92 Å². The summed E-state index contributed by atoms with van der Waals surface area (Å²) in [4.78, 5) is 0. The molecule has 0 spiro atoms. The van der Waals surface area contributed by atoms with Crippen molar-refractivity contribution in [2.45, 2.75) is 33.1 Å². The standard InChI is InChI=1S/C17H18N2O/c1-4-16(8-5-13(2)20-12-19)14(3)17-9-6-15(11-18)7-10-17/h5-10,14H,4H2,1-3H3/b13-5+,16-8+. The van der Waals surface area contributed by atoms with Gasteiger partial charge in [-0.15, -0.1) is 5.26 Å². The predicted molar refractivity (Wildman–Crippen MR) is 78.4 cm³/mol. The van der Waals surface area contributed by atoms with Crippen LogP contribution in [0, 0.1) is 22.8 Å². The molecule has 0 aliphatic heterocycles. The van der Waals surface area contributed by atoms with Crippen LogP contribution in [0.5, 0.6) is 0 Å². The maximum atomic E-state index is 8.81. The van der Waals surface area contributed by atoms with Crippen molar-refractivity contribution in [2.24, 2.45) is 0 Å². The third-order valence-electron chi connectivity index (χ3n) is 3.24. The molecule has 1 aromatic carbocycles. The lowest BCUT2D eigenvalue weighted by Gasteiger charge is -2.15. The monoisotopic (exact) mass is 266 g/mol. The summed E-state index contributed by atoms with van der Waals surface area (Å²) in [6.07, 6.45) is 6.37. The van der Waals surface area contributed by atoms with Crippen molar-refractivity contribution < 1.29 is 4.74 Å². The lowest BCUT2D eigenvalue weighted by atomic mass is 9.90. The fourth-order valence-electron chi connectivity index (χ4n) is 1.96. The molecule has 0 saturated heterocycles. The highest BCUT2D eigenvalue weighted by molar-refractivity contribution is 5.36. The van der Waals surface area contributed by atoms with Crippen LogP contribution < -0.4 is 0 Å². The Balaban J connectivity index is 2.94. The molecule has 0 aliphatic carbocycles. The van der Waals surface area contributed by atoms with E-state index in [0.29, 0.717) is 11.3 Å². The summed E-state index contributed by atoms with van der Waals surface area (Å²) in [5, 5.41) is 17.2. The molecule has 3 heteroatoms.